The number of aryl methyl sites for hydroxylation is 1. The molecule has 19 heavy (non-hydrogen) atoms. The molecule has 9 heteroatoms. The van der Waals surface area contributed by atoms with E-state index in [4.69, 9.17) is 18.0 Å². The summed E-state index contributed by atoms with van der Waals surface area (Å²) in [5, 5.41) is 2.60. The molecule has 0 aliphatic heterocycles. The SMILES string of the molecule is Cc1csc(CNS(=O)(=O)c2ccc(C(N)=S)s2)n1. The normalized spacial score (nSPS) is 11.6. The Morgan fingerprint density at radius 2 is 2.26 bits per heavy atom. The molecule has 0 aliphatic rings. The van der Waals surface area contributed by atoms with Crippen molar-refractivity contribution in [1.82, 2.24) is 9.71 Å². The standard InChI is InChI=1S/C10H11N3O2S4/c1-6-5-17-8(13-6)4-12-19(14,15)9-3-2-7(18-9)10(11)16/h2-3,5,12H,4H2,1H3,(H2,11,16). The van der Waals surface area contributed by atoms with Gasteiger partial charge in [-0.2, -0.15) is 0 Å². The Morgan fingerprint density at radius 3 is 2.79 bits per heavy atom. The quantitative estimate of drug-likeness (QED) is 0.812. The van der Waals surface area contributed by atoms with Crippen molar-refractivity contribution in [2.24, 2.45) is 5.73 Å². The first-order valence-corrected chi connectivity index (χ1v) is 8.77. The minimum atomic E-state index is -3.54. The van der Waals surface area contributed by atoms with E-state index in [0.717, 1.165) is 22.0 Å². The van der Waals surface area contributed by atoms with E-state index in [0.29, 0.717) is 4.88 Å². The highest BCUT2D eigenvalue weighted by Gasteiger charge is 2.17. The van der Waals surface area contributed by atoms with Crippen LogP contribution in [-0.2, 0) is 16.6 Å². The molecule has 2 aromatic heterocycles. The van der Waals surface area contributed by atoms with E-state index < -0.39 is 10.0 Å². The van der Waals surface area contributed by atoms with Crippen LogP contribution in [0.5, 0.6) is 0 Å². The second-order valence-corrected chi connectivity index (χ2v) is 8.15. The van der Waals surface area contributed by atoms with Gasteiger partial charge in [0.1, 0.15) is 14.2 Å². The molecule has 0 fully saturated rings. The summed E-state index contributed by atoms with van der Waals surface area (Å²) in [5.41, 5.74) is 6.34. The Bertz CT molecular complexity index is 702. The third kappa shape index (κ3) is 3.57. The minimum absolute atomic E-state index is 0.182. The molecular weight excluding hydrogens is 322 g/mol. The molecule has 0 radical (unpaired) electrons. The zero-order valence-electron chi connectivity index (χ0n) is 9.91. The fourth-order valence-electron chi connectivity index (χ4n) is 1.31. The number of hydrogen-bond acceptors (Lipinski definition) is 6. The number of aromatic nitrogens is 1. The first-order valence-electron chi connectivity index (χ1n) is 5.19. The van der Waals surface area contributed by atoms with Gasteiger partial charge in [0.25, 0.3) is 0 Å². The van der Waals surface area contributed by atoms with Crippen molar-refractivity contribution >= 4 is 49.9 Å². The first kappa shape index (κ1) is 14.5. The van der Waals surface area contributed by atoms with Gasteiger partial charge in [0, 0.05) is 11.1 Å². The van der Waals surface area contributed by atoms with Crippen LogP contribution in [0.15, 0.2) is 21.7 Å². The van der Waals surface area contributed by atoms with Gasteiger partial charge < -0.3 is 5.73 Å². The minimum Gasteiger partial charge on any atom is -0.389 e. The second-order valence-electron chi connectivity index (χ2n) is 3.69. The smallest absolute Gasteiger partial charge is 0.250 e. The van der Waals surface area contributed by atoms with Gasteiger partial charge in [-0.3, -0.25) is 0 Å². The predicted molar refractivity (Wildman–Crippen MR) is 81.1 cm³/mol. The van der Waals surface area contributed by atoms with Crippen LogP contribution in [0.3, 0.4) is 0 Å². The molecule has 0 atom stereocenters. The predicted octanol–water partition coefficient (Wildman–Crippen LogP) is 1.63. The summed E-state index contributed by atoms with van der Waals surface area (Å²) in [5.74, 6) is 0. The number of nitrogens with zero attached hydrogens (tertiary/aromatic N) is 1. The highest BCUT2D eigenvalue weighted by atomic mass is 32.2. The topological polar surface area (TPSA) is 85.1 Å². The van der Waals surface area contributed by atoms with Gasteiger partial charge in [0.05, 0.1) is 11.4 Å². The van der Waals surface area contributed by atoms with E-state index >= 15 is 0 Å². The highest BCUT2D eigenvalue weighted by Crippen LogP contribution is 2.21. The van der Waals surface area contributed by atoms with Crippen LogP contribution >= 0.6 is 34.9 Å². The maximum Gasteiger partial charge on any atom is 0.250 e. The van der Waals surface area contributed by atoms with Crippen LogP contribution in [0, 0.1) is 6.92 Å². The number of thiophene rings is 1. The Hall–Kier alpha value is -0.870. The van der Waals surface area contributed by atoms with Crippen molar-refractivity contribution < 1.29 is 8.42 Å². The summed E-state index contributed by atoms with van der Waals surface area (Å²) in [6.07, 6.45) is 0. The van der Waals surface area contributed by atoms with Crippen molar-refractivity contribution in [2.75, 3.05) is 0 Å². The van der Waals surface area contributed by atoms with Crippen LogP contribution in [-0.4, -0.2) is 18.4 Å². The average molecular weight is 333 g/mol. The Kier molecular flexibility index (Phi) is 4.31. The number of hydrogen-bond donors (Lipinski definition) is 2. The molecule has 0 aliphatic carbocycles. The van der Waals surface area contributed by atoms with Crippen LogP contribution < -0.4 is 10.5 Å². The largest absolute Gasteiger partial charge is 0.389 e. The van der Waals surface area contributed by atoms with Gasteiger partial charge in [0.2, 0.25) is 10.0 Å². The van der Waals surface area contributed by atoms with Crippen LogP contribution in [0.1, 0.15) is 15.6 Å². The summed E-state index contributed by atoms with van der Waals surface area (Å²) in [6.45, 7) is 2.05. The molecule has 2 aromatic rings. The van der Waals surface area contributed by atoms with Crippen molar-refractivity contribution in [1.29, 1.82) is 0 Å². The third-order valence-electron chi connectivity index (χ3n) is 2.17. The molecule has 102 valence electrons. The van der Waals surface area contributed by atoms with Crippen molar-refractivity contribution in [3.05, 3.63) is 33.1 Å². The van der Waals surface area contributed by atoms with Crippen molar-refractivity contribution in [3.63, 3.8) is 0 Å². The molecule has 2 rings (SSSR count). The molecule has 0 spiro atoms. The molecule has 0 aromatic carbocycles. The van der Waals surface area contributed by atoms with E-state index in [1.165, 1.54) is 17.4 Å². The number of rotatable bonds is 5. The third-order valence-corrected chi connectivity index (χ3v) is 6.50. The monoisotopic (exact) mass is 333 g/mol. The van der Waals surface area contributed by atoms with Crippen molar-refractivity contribution in [3.8, 4) is 0 Å². The molecule has 3 N–H and O–H groups in total. The van der Waals surface area contributed by atoms with Gasteiger partial charge in [-0.15, -0.1) is 22.7 Å². The van der Waals surface area contributed by atoms with Crippen LogP contribution in [0.4, 0.5) is 0 Å². The Balaban J connectivity index is 2.11. The molecule has 0 bridgehead atoms. The molecule has 5 nitrogen and oxygen atoms in total. The van der Waals surface area contributed by atoms with E-state index in [1.54, 1.807) is 6.07 Å². The van der Waals surface area contributed by atoms with Gasteiger partial charge in [-0.05, 0) is 19.1 Å². The molecular formula is C10H11N3O2S4. The van der Waals surface area contributed by atoms with Crippen molar-refractivity contribution in [2.45, 2.75) is 17.7 Å². The number of nitrogens with two attached hydrogens (primary N) is 1. The van der Waals surface area contributed by atoms with E-state index in [-0.39, 0.29) is 15.7 Å². The Morgan fingerprint density at radius 1 is 1.53 bits per heavy atom. The molecule has 2 heterocycles. The summed E-state index contributed by atoms with van der Waals surface area (Å²) in [6, 6.07) is 3.10. The van der Waals surface area contributed by atoms with E-state index in [9.17, 15) is 8.42 Å². The summed E-state index contributed by atoms with van der Waals surface area (Å²) < 4.78 is 26.8. The summed E-state index contributed by atoms with van der Waals surface area (Å²) in [7, 11) is -3.54. The van der Waals surface area contributed by atoms with E-state index in [1.807, 2.05) is 12.3 Å². The summed E-state index contributed by atoms with van der Waals surface area (Å²) in [4.78, 5) is 4.98. The number of sulfonamides is 1. The lowest BCUT2D eigenvalue weighted by molar-refractivity contribution is 0.583. The number of thiocarbonyl (C=S) groups is 1. The van der Waals surface area contributed by atoms with Gasteiger partial charge in [-0.1, -0.05) is 12.2 Å². The highest BCUT2D eigenvalue weighted by molar-refractivity contribution is 7.91. The first-order chi connectivity index (χ1) is 8.88. The lowest BCUT2D eigenvalue weighted by atomic mass is 10.5. The number of thiazole rings is 1. The molecule has 0 amide bonds. The van der Waals surface area contributed by atoms with Crippen LogP contribution in [0.2, 0.25) is 0 Å². The zero-order valence-corrected chi connectivity index (χ0v) is 13.2. The fourth-order valence-corrected chi connectivity index (χ4v) is 4.50. The lowest BCUT2D eigenvalue weighted by Crippen LogP contribution is -2.22. The Labute approximate surface area is 124 Å². The second kappa shape index (κ2) is 5.63. The molecule has 0 saturated carbocycles. The fraction of sp³-hybridized carbons (Fsp3) is 0.200. The van der Waals surface area contributed by atoms with Gasteiger partial charge in [0.15, 0.2) is 0 Å². The van der Waals surface area contributed by atoms with E-state index in [2.05, 4.69) is 9.71 Å². The number of nitrogens with one attached hydrogen (secondary N) is 1. The maximum absolute atomic E-state index is 12.0. The van der Waals surface area contributed by atoms with Crippen LogP contribution in [0.25, 0.3) is 0 Å². The van der Waals surface area contributed by atoms with Gasteiger partial charge in [-0.25, -0.2) is 18.1 Å². The lowest BCUT2D eigenvalue weighted by Gasteiger charge is -2.02. The molecule has 0 unspecified atom stereocenters. The maximum atomic E-state index is 12.0. The summed E-state index contributed by atoms with van der Waals surface area (Å²) >= 11 is 7.28. The zero-order chi connectivity index (χ0) is 14.0. The molecule has 0 saturated heterocycles. The average Bonchev–Trinajstić information content (AvgIpc) is 2.95. The van der Waals surface area contributed by atoms with Gasteiger partial charge >= 0.3 is 0 Å².